The minimum atomic E-state index is -0.288. The van der Waals surface area contributed by atoms with Crippen molar-refractivity contribution in [1.82, 2.24) is 9.55 Å². The highest BCUT2D eigenvalue weighted by atomic mass is 35.5. The number of anilines is 1. The molecule has 0 atom stereocenters. The number of thiophene rings is 1. The molecule has 0 aliphatic carbocycles. The van der Waals surface area contributed by atoms with E-state index in [1.807, 2.05) is 0 Å². The molecule has 4 rings (SSSR count). The fraction of sp³-hybridized carbons (Fsp3) is 0.0500. The van der Waals surface area contributed by atoms with Crippen LogP contribution in [0.2, 0.25) is 15.1 Å². The van der Waals surface area contributed by atoms with Crippen molar-refractivity contribution in [3.63, 3.8) is 0 Å². The van der Waals surface area contributed by atoms with Crippen LogP contribution < -0.4 is 10.9 Å². The van der Waals surface area contributed by atoms with Gasteiger partial charge < -0.3 is 5.32 Å². The van der Waals surface area contributed by atoms with Crippen LogP contribution in [0.1, 0.15) is 0 Å². The summed E-state index contributed by atoms with van der Waals surface area (Å²) < 4.78 is 1.97. The van der Waals surface area contributed by atoms with Gasteiger partial charge in [0.25, 0.3) is 5.56 Å². The molecule has 152 valence electrons. The number of fused-ring (bicyclic) bond motifs is 1. The molecule has 2 aromatic carbocycles. The molecule has 0 radical (unpaired) electrons. The number of halogens is 3. The van der Waals surface area contributed by atoms with Crippen molar-refractivity contribution >= 4 is 79.7 Å². The van der Waals surface area contributed by atoms with Gasteiger partial charge in [-0.2, -0.15) is 0 Å². The van der Waals surface area contributed by atoms with E-state index in [9.17, 15) is 9.59 Å². The van der Waals surface area contributed by atoms with Crippen molar-refractivity contribution in [2.45, 2.75) is 5.16 Å². The first kappa shape index (κ1) is 21.2. The number of benzene rings is 2. The maximum atomic E-state index is 13.1. The van der Waals surface area contributed by atoms with Crippen molar-refractivity contribution in [3.8, 4) is 5.69 Å². The zero-order valence-corrected chi connectivity index (χ0v) is 19.0. The summed E-state index contributed by atoms with van der Waals surface area (Å²) in [5, 5.41) is 6.17. The van der Waals surface area contributed by atoms with E-state index in [0.717, 1.165) is 11.8 Å². The van der Waals surface area contributed by atoms with Crippen molar-refractivity contribution in [1.29, 1.82) is 0 Å². The summed E-state index contributed by atoms with van der Waals surface area (Å²) in [4.78, 5) is 30.1. The molecule has 2 heterocycles. The molecule has 5 nitrogen and oxygen atoms in total. The van der Waals surface area contributed by atoms with Crippen LogP contribution in [0.4, 0.5) is 5.69 Å². The van der Waals surface area contributed by atoms with Gasteiger partial charge in [0.15, 0.2) is 5.16 Å². The Labute approximate surface area is 194 Å². The SMILES string of the molecule is O=C(CSc1nc2ccsc2c(=O)n1-c1ccccc1Cl)Nc1cc(Cl)cc(Cl)c1. The van der Waals surface area contributed by atoms with Gasteiger partial charge in [-0.3, -0.25) is 14.2 Å². The van der Waals surface area contributed by atoms with E-state index >= 15 is 0 Å². The number of carbonyl (C=O) groups excluding carboxylic acids is 1. The van der Waals surface area contributed by atoms with E-state index in [0.29, 0.717) is 41.8 Å². The number of thioether (sulfide) groups is 1. The molecular formula is C20H12Cl3N3O2S2. The van der Waals surface area contributed by atoms with Gasteiger partial charge in [-0.05, 0) is 41.8 Å². The van der Waals surface area contributed by atoms with E-state index in [1.54, 1.807) is 53.9 Å². The lowest BCUT2D eigenvalue weighted by Crippen LogP contribution is -2.22. The second-order valence-corrected chi connectivity index (χ2v) is 9.25. The minimum Gasteiger partial charge on any atom is -0.325 e. The molecule has 0 fully saturated rings. The van der Waals surface area contributed by atoms with Crippen LogP contribution in [0, 0.1) is 0 Å². The predicted molar refractivity (Wildman–Crippen MR) is 126 cm³/mol. The predicted octanol–water partition coefficient (Wildman–Crippen LogP) is 6.14. The van der Waals surface area contributed by atoms with Gasteiger partial charge in [-0.1, -0.05) is 58.7 Å². The lowest BCUT2D eigenvalue weighted by Gasteiger charge is -2.13. The summed E-state index contributed by atoms with van der Waals surface area (Å²) in [6, 6.07) is 13.6. The summed E-state index contributed by atoms with van der Waals surface area (Å²) in [5.41, 5.74) is 1.35. The Morgan fingerprint density at radius 1 is 1.10 bits per heavy atom. The molecule has 2 aromatic heterocycles. The van der Waals surface area contributed by atoms with Crippen molar-refractivity contribution in [2.75, 3.05) is 11.1 Å². The first-order valence-electron chi connectivity index (χ1n) is 8.56. The van der Waals surface area contributed by atoms with Gasteiger partial charge in [-0.15, -0.1) is 11.3 Å². The summed E-state index contributed by atoms with van der Waals surface area (Å²) >= 11 is 20.7. The molecule has 1 amide bonds. The van der Waals surface area contributed by atoms with Crippen molar-refractivity contribution in [3.05, 3.63) is 79.3 Å². The summed E-state index contributed by atoms with van der Waals surface area (Å²) in [6.07, 6.45) is 0. The number of hydrogen-bond acceptors (Lipinski definition) is 5. The largest absolute Gasteiger partial charge is 0.325 e. The van der Waals surface area contributed by atoms with Gasteiger partial charge in [-0.25, -0.2) is 4.98 Å². The second-order valence-electron chi connectivity index (χ2n) is 6.12. The zero-order valence-electron chi connectivity index (χ0n) is 15.1. The first-order chi connectivity index (χ1) is 14.4. The molecule has 0 aliphatic rings. The molecular weight excluding hydrogens is 485 g/mol. The number of carbonyl (C=O) groups is 1. The normalized spacial score (nSPS) is 11.0. The Hall–Kier alpha value is -2.03. The summed E-state index contributed by atoms with van der Waals surface area (Å²) in [5.74, 6) is -0.264. The molecule has 0 saturated heterocycles. The van der Waals surface area contributed by atoms with E-state index in [2.05, 4.69) is 10.3 Å². The average Bonchev–Trinajstić information content (AvgIpc) is 3.15. The van der Waals surface area contributed by atoms with Crippen LogP contribution in [0.15, 0.2) is 63.9 Å². The maximum absolute atomic E-state index is 13.1. The van der Waals surface area contributed by atoms with Crippen LogP contribution in [-0.4, -0.2) is 21.2 Å². The topological polar surface area (TPSA) is 64.0 Å². The third-order valence-corrected chi connectivity index (χ3v) is 6.61. The third kappa shape index (κ3) is 4.50. The van der Waals surface area contributed by atoms with Crippen LogP contribution in [0.3, 0.4) is 0 Å². The number of para-hydroxylation sites is 1. The van der Waals surface area contributed by atoms with Gasteiger partial charge in [0, 0.05) is 15.7 Å². The number of nitrogens with zero attached hydrogens (tertiary/aromatic N) is 2. The smallest absolute Gasteiger partial charge is 0.276 e. The van der Waals surface area contributed by atoms with Gasteiger partial charge in [0.2, 0.25) is 5.91 Å². The maximum Gasteiger partial charge on any atom is 0.276 e. The van der Waals surface area contributed by atoms with Crippen LogP contribution >= 0.6 is 57.9 Å². The minimum absolute atomic E-state index is 0.0245. The van der Waals surface area contributed by atoms with E-state index in [1.165, 1.54) is 15.9 Å². The van der Waals surface area contributed by atoms with Crippen molar-refractivity contribution in [2.24, 2.45) is 0 Å². The Balaban J connectivity index is 1.65. The fourth-order valence-corrected chi connectivity index (χ4v) is 5.10. The monoisotopic (exact) mass is 495 g/mol. The summed E-state index contributed by atoms with van der Waals surface area (Å²) in [7, 11) is 0. The number of amides is 1. The van der Waals surface area contributed by atoms with Crippen LogP contribution in [-0.2, 0) is 4.79 Å². The number of rotatable bonds is 5. The quantitative estimate of drug-likeness (QED) is 0.266. The zero-order chi connectivity index (χ0) is 21.3. The Morgan fingerprint density at radius 3 is 2.57 bits per heavy atom. The molecule has 10 heteroatoms. The lowest BCUT2D eigenvalue weighted by atomic mass is 10.3. The molecule has 0 unspecified atom stereocenters. The lowest BCUT2D eigenvalue weighted by molar-refractivity contribution is -0.113. The highest BCUT2D eigenvalue weighted by molar-refractivity contribution is 7.99. The Bertz CT molecular complexity index is 1300. The van der Waals surface area contributed by atoms with Gasteiger partial charge in [0.1, 0.15) is 4.70 Å². The highest BCUT2D eigenvalue weighted by Crippen LogP contribution is 2.27. The Kier molecular flexibility index (Phi) is 6.36. The molecule has 0 bridgehead atoms. The number of aromatic nitrogens is 2. The molecule has 0 aliphatic heterocycles. The van der Waals surface area contributed by atoms with Gasteiger partial charge in [0.05, 0.1) is 22.0 Å². The number of hydrogen-bond donors (Lipinski definition) is 1. The van der Waals surface area contributed by atoms with Gasteiger partial charge >= 0.3 is 0 Å². The van der Waals surface area contributed by atoms with Crippen molar-refractivity contribution < 1.29 is 4.79 Å². The molecule has 0 saturated carbocycles. The van der Waals surface area contributed by atoms with Crippen LogP contribution in [0.5, 0.6) is 0 Å². The average molecular weight is 497 g/mol. The van der Waals surface area contributed by atoms with E-state index < -0.39 is 0 Å². The number of nitrogens with one attached hydrogen (secondary N) is 1. The molecule has 4 aromatic rings. The fourth-order valence-electron chi connectivity index (χ4n) is 2.79. The molecule has 1 N–H and O–H groups in total. The first-order valence-corrected chi connectivity index (χ1v) is 11.6. The van der Waals surface area contributed by atoms with Crippen LogP contribution in [0.25, 0.3) is 15.9 Å². The molecule has 0 spiro atoms. The second kappa shape index (κ2) is 8.99. The Morgan fingerprint density at radius 2 is 1.83 bits per heavy atom. The standard InChI is InChI=1S/C20H12Cl3N3O2S2/c21-11-7-12(22)9-13(8-11)24-17(27)10-30-20-25-15-5-6-29-18(15)19(28)26(20)16-4-2-1-3-14(16)23/h1-9H,10H2,(H,24,27). The highest BCUT2D eigenvalue weighted by Gasteiger charge is 2.17. The summed E-state index contributed by atoms with van der Waals surface area (Å²) in [6.45, 7) is 0. The molecule has 30 heavy (non-hydrogen) atoms. The third-order valence-electron chi connectivity index (χ3n) is 4.02. The van der Waals surface area contributed by atoms with E-state index in [4.69, 9.17) is 34.8 Å². The van der Waals surface area contributed by atoms with E-state index in [-0.39, 0.29) is 17.2 Å².